The van der Waals surface area contributed by atoms with Crippen LogP contribution in [0.5, 0.6) is 0 Å². The summed E-state index contributed by atoms with van der Waals surface area (Å²) in [4.78, 5) is 17.1. The van der Waals surface area contributed by atoms with Gasteiger partial charge in [0.2, 0.25) is 0 Å². The van der Waals surface area contributed by atoms with Crippen molar-refractivity contribution in [3.8, 4) is 0 Å². The van der Waals surface area contributed by atoms with Crippen molar-refractivity contribution in [2.45, 2.75) is 25.9 Å². The van der Waals surface area contributed by atoms with Gasteiger partial charge >= 0.3 is 5.97 Å². The highest BCUT2D eigenvalue weighted by molar-refractivity contribution is 14.1. The molecular weight excluding hydrogens is 476 g/mol. The number of carbonyl (C=O) groups is 1. The molecule has 4 nitrogen and oxygen atoms in total. The van der Waals surface area contributed by atoms with Crippen molar-refractivity contribution < 1.29 is 14.7 Å². The first kappa shape index (κ1) is 18.5. The number of carboxylic acid groups (broad SMARTS) is 1. The molecule has 0 aliphatic carbocycles. The maximum absolute atomic E-state index is 11.3. The number of aryl methyl sites for hydroxylation is 1. The van der Waals surface area contributed by atoms with E-state index in [9.17, 15) is 9.90 Å². The van der Waals surface area contributed by atoms with Crippen molar-refractivity contribution in [2.75, 3.05) is 0 Å². The minimum atomic E-state index is -0.934. The Morgan fingerprint density at radius 1 is 1.24 bits per heavy atom. The molecule has 0 spiro atoms. The second kappa shape index (κ2) is 6.78. The van der Waals surface area contributed by atoms with Crippen LogP contribution in [0.3, 0.4) is 0 Å². The van der Waals surface area contributed by atoms with Gasteiger partial charge in [0.1, 0.15) is 0 Å². The molecule has 0 saturated heterocycles. The quantitative estimate of drug-likeness (QED) is 0.567. The molecule has 2 aromatic rings. The van der Waals surface area contributed by atoms with Crippen molar-refractivity contribution in [2.24, 2.45) is 5.16 Å². The second-order valence-electron chi connectivity index (χ2n) is 6.15. The number of hydrogen-bond acceptors (Lipinski definition) is 3. The minimum absolute atomic E-state index is 0.313. The first-order chi connectivity index (χ1) is 11.7. The van der Waals surface area contributed by atoms with Crippen LogP contribution in [-0.2, 0) is 10.4 Å². The normalized spacial score (nSPS) is 19.5. The number of oxime groups is 1. The van der Waals surface area contributed by atoms with E-state index in [1.54, 1.807) is 13.0 Å². The maximum Gasteiger partial charge on any atom is 0.337 e. The lowest BCUT2D eigenvalue weighted by molar-refractivity contribution is -0.00737. The van der Waals surface area contributed by atoms with Gasteiger partial charge in [0.05, 0.1) is 11.3 Å². The lowest BCUT2D eigenvalue weighted by atomic mass is 9.88. The molecule has 0 amide bonds. The maximum atomic E-state index is 11.3. The third-order valence-electron chi connectivity index (χ3n) is 4.17. The monoisotopic (exact) mass is 489 g/mol. The van der Waals surface area contributed by atoms with Crippen LogP contribution < -0.4 is 0 Å². The summed E-state index contributed by atoms with van der Waals surface area (Å²) in [7, 11) is 0. The van der Waals surface area contributed by atoms with E-state index in [4.69, 9.17) is 28.0 Å². The largest absolute Gasteiger partial charge is 0.478 e. The van der Waals surface area contributed by atoms with E-state index in [1.807, 2.05) is 53.8 Å². The summed E-state index contributed by atoms with van der Waals surface area (Å²) in [6.45, 7) is 3.70. The Hall–Kier alpha value is -1.31. The fourth-order valence-electron chi connectivity index (χ4n) is 2.89. The summed E-state index contributed by atoms with van der Waals surface area (Å²) in [5.74, 6) is -0.934. The minimum Gasteiger partial charge on any atom is -0.478 e. The number of carboxylic acids is 1. The van der Waals surface area contributed by atoms with Gasteiger partial charge in [-0.3, -0.25) is 0 Å². The molecule has 1 unspecified atom stereocenters. The zero-order valence-corrected chi connectivity index (χ0v) is 17.1. The fourth-order valence-corrected chi connectivity index (χ4v) is 4.41. The zero-order chi connectivity index (χ0) is 18.4. The van der Waals surface area contributed by atoms with Crippen LogP contribution in [0.25, 0.3) is 0 Å². The Morgan fingerprint density at radius 2 is 1.88 bits per heavy atom. The SMILES string of the molecule is Cc1cc(C2=NOC(C)(c3cc(Cl)cc(Cl)c3)C2)cc(I)c1C(=O)O. The smallest absolute Gasteiger partial charge is 0.337 e. The molecule has 25 heavy (non-hydrogen) atoms. The Kier molecular flexibility index (Phi) is 5.01. The Bertz CT molecular complexity index is 870. The summed E-state index contributed by atoms with van der Waals surface area (Å²) in [5.41, 5.74) is 2.79. The van der Waals surface area contributed by atoms with Gasteiger partial charge < -0.3 is 9.94 Å². The van der Waals surface area contributed by atoms with E-state index in [0.717, 1.165) is 16.8 Å². The van der Waals surface area contributed by atoms with E-state index in [0.29, 0.717) is 31.2 Å². The van der Waals surface area contributed by atoms with E-state index < -0.39 is 11.6 Å². The van der Waals surface area contributed by atoms with Crippen LogP contribution in [0, 0.1) is 10.5 Å². The molecule has 7 heteroatoms. The van der Waals surface area contributed by atoms with E-state index in [1.165, 1.54) is 0 Å². The van der Waals surface area contributed by atoms with Crippen molar-refractivity contribution in [1.82, 2.24) is 0 Å². The standard InChI is InChI=1S/C18H14Cl2INO3/c1-9-3-10(4-14(21)16(9)17(23)24)15-8-18(2,25-22-15)11-5-12(19)7-13(20)6-11/h3-7H,8H2,1-2H3,(H,23,24). The number of nitrogens with zero attached hydrogens (tertiary/aromatic N) is 1. The predicted molar refractivity (Wildman–Crippen MR) is 107 cm³/mol. The van der Waals surface area contributed by atoms with Crippen molar-refractivity contribution in [1.29, 1.82) is 0 Å². The Labute approximate surface area is 168 Å². The number of rotatable bonds is 3. The highest BCUT2D eigenvalue weighted by Crippen LogP contribution is 2.38. The topological polar surface area (TPSA) is 58.9 Å². The molecule has 2 aromatic carbocycles. The molecule has 1 heterocycles. The summed E-state index contributed by atoms with van der Waals surface area (Å²) < 4.78 is 0.669. The molecule has 0 aromatic heterocycles. The van der Waals surface area contributed by atoms with Crippen LogP contribution in [-0.4, -0.2) is 16.8 Å². The number of aromatic carboxylic acids is 1. The number of benzene rings is 2. The average molecular weight is 490 g/mol. The first-order valence-corrected chi connectivity index (χ1v) is 9.28. The van der Waals surface area contributed by atoms with Crippen LogP contribution in [0.1, 0.15) is 40.4 Å². The van der Waals surface area contributed by atoms with Crippen molar-refractivity contribution in [3.63, 3.8) is 0 Å². The van der Waals surface area contributed by atoms with Gasteiger partial charge in [-0.25, -0.2) is 4.79 Å². The molecule has 1 aliphatic heterocycles. The molecular formula is C18H14Cl2INO3. The van der Waals surface area contributed by atoms with Gasteiger partial charge in [-0.15, -0.1) is 0 Å². The number of halogens is 3. The Morgan fingerprint density at radius 3 is 2.44 bits per heavy atom. The highest BCUT2D eigenvalue weighted by atomic mass is 127. The molecule has 1 N–H and O–H groups in total. The summed E-state index contributed by atoms with van der Waals surface area (Å²) in [6.07, 6.45) is 0.533. The molecule has 3 rings (SSSR count). The summed E-state index contributed by atoms with van der Waals surface area (Å²) in [5, 5.41) is 14.6. The third-order valence-corrected chi connectivity index (χ3v) is 5.46. The lowest BCUT2D eigenvalue weighted by Gasteiger charge is -2.22. The number of hydrogen-bond donors (Lipinski definition) is 1. The van der Waals surface area contributed by atoms with Gasteiger partial charge in [-0.2, -0.15) is 0 Å². The molecule has 0 saturated carbocycles. The summed E-state index contributed by atoms with van der Waals surface area (Å²) in [6, 6.07) is 8.94. The van der Waals surface area contributed by atoms with Gasteiger partial charge in [0, 0.05) is 31.2 Å². The molecule has 0 bridgehead atoms. The van der Waals surface area contributed by atoms with E-state index >= 15 is 0 Å². The van der Waals surface area contributed by atoms with Crippen LogP contribution in [0.4, 0.5) is 0 Å². The summed E-state index contributed by atoms with van der Waals surface area (Å²) >= 11 is 14.2. The highest BCUT2D eigenvalue weighted by Gasteiger charge is 2.37. The second-order valence-corrected chi connectivity index (χ2v) is 8.19. The van der Waals surface area contributed by atoms with Crippen LogP contribution >= 0.6 is 45.8 Å². The molecule has 0 fully saturated rings. The van der Waals surface area contributed by atoms with Crippen LogP contribution in [0.2, 0.25) is 10.0 Å². The van der Waals surface area contributed by atoms with E-state index in [2.05, 4.69) is 5.16 Å². The molecule has 1 atom stereocenters. The molecule has 1 aliphatic rings. The Balaban J connectivity index is 1.93. The van der Waals surface area contributed by atoms with Gasteiger partial charge in [-0.05, 0) is 72.3 Å². The third kappa shape index (κ3) is 3.64. The first-order valence-electron chi connectivity index (χ1n) is 7.45. The predicted octanol–water partition coefficient (Wildman–Crippen LogP) is 5.64. The average Bonchev–Trinajstić information content (AvgIpc) is 2.89. The van der Waals surface area contributed by atoms with Gasteiger partial charge in [0.25, 0.3) is 0 Å². The zero-order valence-electron chi connectivity index (χ0n) is 13.4. The lowest BCUT2D eigenvalue weighted by Crippen LogP contribution is -2.22. The van der Waals surface area contributed by atoms with Crippen LogP contribution in [0.15, 0.2) is 35.5 Å². The van der Waals surface area contributed by atoms with E-state index in [-0.39, 0.29) is 0 Å². The van der Waals surface area contributed by atoms with Crippen molar-refractivity contribution in [3.05, 3.63) is 66.2 Å². The van der Waals surface area contributed by atoms with Gasteiger partial charge in [-0.1, -0.05) is 28.4 Å². The fraction of sp³-hybridized carbons (Fsp3) is 0.222. The molecule has 130 valence electrons. The van der Waals surface area contributed by atoms with Gasteiger partial charge in [0.15, 0.2) is 5.60 Å². The van der Waals surface area contributed by atoms with Crippen molar-refractivity contribution >= 4 is 57.5 Å². The molecule has 0 radical (unpaired) electrons.